The van der Waals surface area contributed by atoms with E-state index >= 15 is 0 Å². The van der Waals surface area contributed by atoms with Gasteiger partial charge in [0.25, 0.3) is 0 Å². The van der Waals surface area contributed by atoms with Gasteiger partial charge in [-0.1, -0.05) is 31.9 Å². The van der Waals surface area contributed by atoms with Gasteiger partial charge >= 0.3 is 0 Å². The molecule has 4 heteroatoms. The first-order valence-electron chi connectivity index (χ1n) is 7.79. The van der Waals surface area contributed by atoms with Gasteiger partial charge in [0.05, 0.1) is 6.04 Å². The molecule has 1 aromatic rings. The van der Waals surface area contributed by atoms with Crippen molar-refractivity contribution in [3.05, 3.63) is 34.9 Å². The van der Waals surface area contributed by atoms with Crippen LogP contribution in [0.15, 0.2) is 12.1 Å². The van der Waals surface area contributed by atoms with E-state index in [1.165, 1.54) is 0 Å². The van der Waals surface area contributed by atoms with Crippen LogP contribution in [0.3, 0.4) is 0 Å². The van der Waals surface area contributed by atoms with Crippen molar-refractivity contribution in [3.63, 3.8) is 0 Å². The fourth-order valence-corrected chi connectivity index (χ4v) is 3.66. The van der Waals surface area contributed by atoms with Gasteiger partial charge in [0, 0.05) is 11.1 Å². The van der Waals surface area contributed by atoms with E-state index in [0.29, 0.717) is 11.1 Å². The Labute approximate surface area is 126 Å². The lowest BCUT2D eigenvalue weighted by molar-refractivity contribution is 0.103. The van der Waals surface area contributed by atoms with Crippen molar-refractivity contribution in [1.29, 1.82) is 0 Å². The largest absolute Gasteiger partial charge is 0.309 e. The smallest absolute Gasteiger partial charge is 0.163 e. The molecule has 1 atom stereocenters. The number of aryl methyl sites for hydroxylation is 1. The molecule has 21 heavy (non-hydrogen) atoms. The molecule has 0 radical (unpaired) electrons. The van der Waals surface area contributed by atoms with E-state index in [0.717, 1.165) is 32.2 Å². The van der Waals surface area contributed by atoms with Gasteiger partial charge in [-0.25, -0.2) is 8.78 Å². The van der Waals surface area contributed by atoms with Crippen molar-refractivity contribution in [3.8, 4) is 0 Å². The van der Waals surface area contributed by atoms with Gasteiger partial charge in [0.1, 0.15) is 0 Å². The lowest BCUT2D eigenvalue weighted by atomic mass is 9.82. The summed E-state index contributed by atoms with van der Waals surface area (Å²) in [5.41, 5.74) is 0.672. The normalized spacial score (nSPS) is 19.2. The molecule has 0 saturated heterocycles. The second-order valence-electron chi connectivity index (χ2n) is 6.30. The van der Waals surface area contributed by atoms with Crippen molar-refractivity contribution >= 4 is 0 Å². The van der Waals surface area contributed by atoms with E-state index in [1.54, 1.807) is 19.1 Å². The zero-order valence-electron chi connectivity index (χ0n) is 13.5. The summed E-state index contributed by atoms with van der Waals surface area (Å²) < 4.78 is 28.5. The molecule has 0 amide bonds. The molecule has 1 unspecified atom stereocenters. The highest BCUT2D eigenvalue weighted by molar-refractivity contribution is 5.31. The van der Waals surface area contributed by atoms with Crippen LogP contribution in [0.25, 0.3) is 0 Å². The highest BCUT2D eigenvalue weighted by atomic mass is 19.2. The van der Waals surface area contributed by atoms with Gasteiger partial charge < -0.3 is 10.2 Å². The summed E-state index contributed by atoms with van der Waals surface area (Å²) in [6.45, 7) is 4.34. The summed E-state index contributed by atoms with van der Waals surface area (Å²) in [5.74, 6) is -1.42. The number of hydrogen-bond donors (Lipinski definition) is 1. The van der Waals surface area contributed by atoms with Crippen molar-refractivity contribution in [1.82, 2.24) is 10.2 Å². The van der Waals surface area contributed by atoms with Gasteiger partial charge in [-0.3, -0.25) is 0 Å². The van der Waals surface area contributed by atoms with Crippen LogP contribution >= 0.6 is 0 Å². The van der Waals surface area contributed by atoms with Crippen molar-refractivity contribution in [2.45, 2.75) is 51.1 Å². The van der Waals surface area contributed by atoms with E-state index in [4.69, 9.17) is 0 Å². The highest BCUT2D eigenvalue weighted by Crippen LogP contribution is 2.44. The van der Waals surface area contributed by atoms with E-state index in [1.807, 2.05) is 21.0 Å². The molecule has 1 aliphatic rings. The predicted octanol–water partition coefficient (Wildman–Crippen LogP) is 3.80. The van der Waals surface area contributed by atoms with Crippen LogP contribution in [0, 0.1) is 18.6 Å². The van der Waals surface area contributed by atoms with Crippen LogP contribution in [0.1, 0.15) is 49.8 Å². The lowest BCUT2D eigenvalue weighted by Gasteiger charge is -2.44. The molecule has 118 valence electrons. The molecular formula is C17H26F2N2. The molecule has 1 aliphatic carbocycles. The molecule has 2 rings (SSSR count). The van der Waals surface area contributed by atoms with Gasteiger partial charge in [-0.05, 0) is 46.0 Å². The summed E-state index contributed by atoms with van der Waals surface area (Å²) >= 11 is 0. The maximum absolute atomic E-state index is 14.5. The Bertz CT molecular complexity index is 494. The molecular weight excluding hydrogens is 270 g/mol. The molecule has 1 saturated carbocycles. The molecule has 1 aromatic carbocycles. The van der Waals surface area contributed by atoms with Crippen LogP contribution in [0.2, 0.25) is 0 Å². The van der Waals surface area contributed by atoms with Gasteiger partial charge in [0.15, 0.2) is 11.6 Å². The number of benzene rings is 1. The zero-order chi connectivity index (χ0) is 15.6. The molecule has 1 N–H and O–H groups in total. The average molecular weight is 296 g/mol. The molecule has 1 fully saturated rings. The number of likely N-dealkylation sites (N-methyl/N-ethyl adjacent to an activating group) is 2. The molecule has 0 aliphatic heterocycles. The fraction of sp³-hybridized carbons (Fsp3) is 0.647. The minimum absolute atomic E-state index is 0.140. The maximum atomic E-state index is 14.5. The summed E-state index contributed by atoms with van der Waals surface area (Å²) in [6.07, 6.45) is 4.28. The quantitative estimate of drug-likeness (QED) is 0.889. The number of hydrogen-bond acceptors (Lipinski definition) is 2. The van der Waals surface area contributed by atoms with Gasteiger partial charge in [0.2, 0.25) is 0 Å². The van der Waals surface area contributed by atoms with E-state index in [2.05, 4.69) is 10.2 Å². The minimum Gasteiger partial charge on any atom is -0.309 e. The Kier molecular flexibility index (Phi) is 4.99. The fourth-order valence-electron chi connectivity index (χ4n) is 3.66. The van der Waals surface area contributed by atoms with Crippen LogP contribution in [-0.2, 0) is 0 Å². The zero-order valence-corrected chi connectivity index (χ0v) is 13.5. The van der Waals surface area contributed by atoms with Crippen LogP contribution in [0.5, 0.6) is 0 Å². The van der Waals surface area contributed by atoms with Crippen molar-refractivity contribution in [2.75, 3.05) is 20.6 Å². The Balaban J connectivity index is 2.50. The molecule has 0 spiro atoms. The first-order chi connectivity index (χ1) is 9.94. The second kappa shape index (κ2) is 6.41. The average Bonchev–Trinajstić information content (AvgIpc) is 2.94. The third-order valence-electron chi connectivity index (χ3n) is 4.92. The third kappa shape index (κ3) is 2.84. The Morgan fingerprint density at radius 1 is 1.19 bits per heavy atom. The van der Waals surface area contributed by atoms with Crippen molar-refractivity contribution < 1.29 is 8.78 Å². The number of halogens is 2. The minimum atomic E-state index is -0.720. The lowest BCUT2D eigenvalue weighted by Crippen LogP contribution is -2.52. The molecule has 0 aromatic heterocycles. The standard InChI is InChI=1S/C17H26F2N2/c1-5-20-16(17(21(3)4)10-6-7-11-17)13-9-8-12(2)14(18)15(13)19/h8-9,16,20H,5-7,10-11H2,1-4H3. The number of nitrogens with zero attached hydrogens (tertiary/aromatic N) is 1. The summed E-state index contributed by atoms with van der Waals surface area (Å²) in [4.78, 5) is 2.19. The summed E-state index contributed by atoms with van der Waals surface area (Å²) in [7, 11) is 4.08. The van der Waals surface area contributed by atoms with E-state index in [-0.39, 0.29) is 11.6 Å². The van der Waals surface area contributed by atoms with E-state index in [9.17, 15) is 8.78 Å². The monoisotopic (exact) mass is 296 g/mol. The van der Waals surface area contributed by atoms with E-state index < -0.39 is 11.6 Å². The first-order valence-corrected chi connectivity index (χ1v) is 7.79. The number of rotatable bonds is 5. The van der Waals surface area contributed by atoms with Crippen LogP contribution in [-0.4, -0.2) is 31.1 Å². The number of nitrogens with one attached hydrogen (secondary N) is 1. The van der Waals surface area contributed by atoms with Gasteiger partial charge in [-0.15, -0.1) is 0 Å². The van der Waals surface area contributed by atoms with Crippen LogP contribution in [0.4, 0.5) is 8.78 Å². The summed E-state index contributed by atoms with van der Waals surface area (Å²) in [6, 6.07) is 3.23. The van der Waals surface area contributed by atoms with Crippen molar-refractivity contribution in [2.24, 2.45) is 0 Å². The second-order valence-corrected chi connectivity index (χ2v) is 6.30. The summed E-state index contributed by atoms with van der Waals surface area (Å²) in [5, 5.41) is 3.40. The van der Waals surface area contributed by atoms with Gasteiger partial charge in [-0.2, -0.15) is 0 Å². The molecule has 0 bridgehead atoms. The predicted molar refractivity (Wildman–Crippen MR) is 82.4 cm³/mol. The third-order valence-corrected chi connectivity index (χ3v) is 4.92. The van der Waals surface area contributed by atoms with Crippen LogP contribution < -0.4 is 5.32 Å². The first kappa shape index (κ1) is 16.4. The topological polar surface area (TPSA) is 15.3 Å². The SMILES string of the molecule is CCNC(c1ccc(C)c(F)c1F)C1(N(C)C)CCCC1. The molecule has 2 nitrogen and oxygen atoms in total. The Hall–Kier alpha value is -1.00. The molecule has 0 heterocycles. The Morgan fingerprint density at radius 2 is 1.81 bits per heavy atom. The maximum Gasteiger partial charge on any atom is 0.163 e. The Morgan fingerprint density at radius 3 is 2.33 bits per heavy atom. The highest BCUT2D eigenvalue weighted by Gasteiger charge is 2.44.